The van der Waals surface area contributed by atoms with Crippen molar-refractivity contribution < 1.29 is 4.79 Å². The lowest BCUT2D eigenvalue weighted by Gasteiger charge is -2.07. The Balaban J connectivity index is 1.29. The van der Waals surface area contributed by atoms with Crippen LogP contribution in [0.3, 0.4) is 0 Å². The second-order valence-electron chi connectivity index (χ2n) is 8.58. The molecular weight excluding hydrogens is 434 g/mol. The molecule has 5 aromatic rings. The number of aryl methyl sites for hydroxylation is 2. The van der Waals surface area contributed by atoms with Crippen molar-refractivity contribution >= 4 is 45.3 Å². The predicted octanol–water partition coefficient (Wildman–Crippen LogP) is 5.60. The van der Waals surface area contributed by atoms with Crippen LogP contribution in [0, 0.1) is 0 Å². The largest absolute Gasteiger partial charge is 0.339 e. The third kappa shape index (κ3) is 3.99. The molecule has 1 amide bonds. The molecule has 3 heterocycles. The van der Waals surface area contributed by atoms with Gasteiger partial charge in [-0.15, -0.1) is 5.10 Å². The van der Waals surface area contributed by atoms with E-state index < -0.39 is 0 Å². The number of rotatable bonds is 6. The van der Waals surface area contributed by atoms with Crippen LogP contribution in [0.5, 0.6) is 0 Å². The summed E-state index contributed by atoms with van der Waals surface area (Å²) >= 11 is 0. The maximum absolute atomic E-state index is 12.2. The highest BCUT2D eigenvalue weighted by atomic mass is 16.2. The normalized spacial score (nSPS) is 14.3. The second-order valence-corrected chi connectivity index (χ2v) is 8.58. The van der Waals surface area contributed by atoms with Gasteiger partial charge in [0.05, 0.1) is 29.3 Å². The number of anilines is 1. The molecule has 0 radical (unpaired) electrons. The summed E-state index contributed by atoms with van der Waals surface area (Å²) in [6.45, 7) is 0.913. The Morgan fingerprint density at radius 2 is 1.69 bits per heavy atom. The third-order valence-corrected chi connectivity index (χ3v) is 6.36. The Morgan fingerprint density at radius 3 is 2.60 bits per heavy atom. The molecule has 0 fully saturated rings. The van der Waals surface area contributed by atoms with E-state index in [1.165, 1.54) is 16.5 Å². The Bertz CT molecular complexity index is 1610. The molecule has 35 heavy (non-hydrogen) atoms. The third-order valence-electron chi connectivity index (χ3n) is 6.36. The number of nitrogens with zero attached hydrogens (tertiary/aromatic N) is 4. The van der Waals surface area contributed by atoms with Crippen LogP contribution in [-0.2, 0) is 17.8 Å². The van der Waals surface area contributed by atoms with E-state index in [0.717, 1.165) is 41.5 Å². The number of hydrogen-bond donors (Lipinski definition) is 1. The monoisotopic (exact) mass is 457 g/mol. The highest BCUT2D eigenvalue weighted by Crippen LogP contribution is 2.29. The van der Waals surface area contributed by atoms with Crippen molar-refractivity contribution in [1.82, 2.24) is 9.55 Å². The maximum atomic E-state index is 12.2. The molecule has 1 aliphatic heterocycles. The van der Waals surface area contributed by atoms with Crippen molar-refractivity contribution in [2.45, 2.75) is 19.4 Å². The van der Waals surface area contributed by atoms with Crippen LogP contribution < -0.4 is 5.32 Å². The summed E-state index contributed by atoms with van der Waals surface area (Å²) in [6.07, 6.45) is 5.58. The molecule has 1 aliphatic rings. The number of benzene rings is 3. The first kappa shape index (κ1) is 21.0. The van der Waals surface area contributed by atoms with Crippen molar-refractivity contribution in [2.75, 3.05) is 5.32 Å². The first-order valence-electron chi connectivity index (χ1n) is 11.7. The minimum Gasteiger partial charge on any atom is -0.339 e. The summed E-state index contributed by atoms with van der Waals surface area (Å²) in [5.74, 6) is -0.245. The summed E-state index contributed by atoms with van der Waals surface area (Å²) in [7, 11) is 0. The quantitative estimate of drug-likeness (QED) is 0.266. The van der Waals surface area contributed by atoms with Gasteiger partial charge in [-0.25, -0.2) is 0 Å². The molecule has 0 spiro atoms. The number of nitrogens with one attached hydrogen (secondary N) is 1. The van der Waals surface area contributed by atoms with E-state index in [4.69, 9.17) is 0 Å². The van der Waals surface area contributed by atoms with Gasteiger partial charge in [-0.2, -0.15) is 5.10 Å². The second kappa shape index (κ2) is 8.99. The van der Waals surface area contributed by atoms with E-state index in [0.29, 0.717) is 11.4 Å². The molecule has 0 unspecified atom stereocenters. The van der Waals surface area contributed by atoms with Gasteiger partial charge >= 0.3 is 0 Å². The first-order chi connectivity index (χ1) is 17.3. The van der Waals surface area contributed by atoms with Gasteiger partial charge in [0.25, 0.3) is 5.91 Å². The topological polar surface area (TPSA) is 71.6 Å². The highest BCUT2D eigenvalue weighted by Gasteiger charge is 2.25. The summed E-state index contributed by atoms with van der Waals surface area (Å²) < 4.78 is 2.35. The van der Waals surface area contributed by atoms with Crippen molar-refractivity contribution in [3.63, 3.8) is 0 Å². The van der Waals surface area contributed by atoms with E-state index >= 15 is 0 Å². The van der Waals surface area contributed by atoms with Gasteiger partial charge in [-0.05, 0) is 36.6 Å². The maximum Gasteiger partial charge on any atom is 0.276 e. The standard InChI is InChI=1S/C29H23N5O/c35-29-28(23-13-4-6-14-25(23)32-29)33-31-18-21-17-24-22-12-5-7-15-26(22)34(27(24)19-30-21)16-8-11-20-9-2-1-3-10-20/h1-7,9-10,12-15,17-19H,8,11,16H2,(H,32,33,35). The zero-order valence-corrected chi connectivity index (χ0v) is 19.1. The van der Waals surface area contributed by atoms with Gasteiger partial charge in [0.2, 0.25) is 0 Å². The van der Waals surface area contributed by atoms with Crippen LogP contribution in [0.25, 0.3) is 21.8 Å². The van der Waals surface area contributed by atoms with E-state index in [1.807, 2.05) is 36.5 Å². The number of carbonyl (C=O) groups is 1. The van der Waals surface area contributed by atoms with Gasteiger partial charge in [0.15, 0.2) is 5.71 Å². The highest BCUT2D eigenvalue weighted by molar-refractivity contribution is 6.53. The van der Waals surface area contributed by atoms with E-state index in [1.54, 1.807) is 6.21 Å². The van der Waals surface area contributed by atoms with E-state index in [-0.39, 0.29) is 5.91 Å². The van der Waals surface area contributed by atoms with Crippen LogP contribution in [0.4, 0.5) is 5.69 Å². The predicted molar refractivity (Wildman–Crippen MR) is 141 cm³/mol. The molecule has 3 aromatic carbocycles. The lowest BCUT2D eigenvalue weighted by Crippen LogP contribution is -2.13. The van der Waals surface area contributed by atoms with Crippen molar-refractivity contribution in [3.8, 4) is 0 Å². The molecule has 0 saturated heterocycles. The SMILES string of the molecule is O=C1Nc2ccccc2C1=NN=Cc1cc2c3ccccc3n(CCCc3ccccc3)c2cn1. The van der Waals surface area contributed by atoms with E-state index in [9.17, 15) is 4.79 Å². The van der Waals surface area contributed by atoms with E-state index in [2.05, 4.69) is 79.7 Å². The number of para-hydroxylation sites is 2. The fourth-order valence-corrected chi connectivity index (χ4v) is 4.71. The minimum atomic E-state index is -0.245. The molecule has 6 heteroatoms. The van der Waals surface area contributed by atoms with Crippen LogP contribution >= 0.6 is 0 Å². The van der Waals surface area contributed by atoms with Gasteiger partial charge in [0.1, 0.15) is 0 Å². The summed E-state index contributed by atoms with van der Waals surface area (Å²) in [5.41, 5.74) is 6.18. The lowest BCUT2D eigenvalue weighted by atomic mass is 10.1. The summed E-state index contributed by atoms with van der Waals surface area (Å²) in [4.78, 5) is 16.9. The number of carbonyl (C=O) groups excluding carboxylic acids is 1. The zero-order valence-electron chi connectivity index (χ0n) is 19.1. The van der Waals surface area contributed by atoms with Crippen LogP contribution in [-0.4, -0.2) is 27.4 Å². The van der Waals surface area contributed by atoms with Crippen molar-refractivity contribution in [3.05, 3.63) is 108 Å². The zero-order chi connectivity index (χ0) is 23.6. The molecule has 0 saturated carbocycles. The number of fused-ring (bicyclic) bond motifs is 4. The molecule has 0 aliphatic carbocycles. The molecule has 1 N–H and O–H groups in total. The molecule has 6 nitrogen and oxygen atoms in total. The fourth-order valence-electron chi connectivity index (χ4n) is 4.71. The molecular formula is C29H23N5O. The Hall–Kier alpha value is -4.58. The number of amides is 1. The Kier molecular flexibility index (Phi) is 5.39. The minimum absolute atomic E-state index is 0.245. The average Bonchev–Trinajstić information content (AvgIpc) is 3.39. The molecule has 6 rings (SSSR count). The average molecular weight is 458 g/mol. The van der Waals surface area contributed by atoms with Crippen LogP contribution in [0.15, 0.2) is 101 Å². The molecule has 0 bridgehead atoms. The summed E-state index contributed by atoms with van der Waals surface area (Å²) in [6, 6.07) is 28.5. The number of hydrogen-bond acceptors (Lipinski definition) is 4. The molecule has 0 atom stereocenters. The van der Waals surface area contributed by atoms with Crippen LogP contribution in [0.2, 0.25) is 0 Å². The first-order valence-corrected chi connectivity index (χ1v) is 11.7. The Labute approximate surface area is 202 Å². The van der Waals surface area contributed by atoms with Crippen LogP contribution in [0.1, 0.15) is 23.2 Å². The molecule has 170 valence electrons. The van der Waals surface area contributed by atoms with Gasteiger partial charge in [-0.1, -0.05) is 66.7 Å². The van der Waals surface area contributed by atoms with Crippen molar-refractivity contribution in [2.24, 2.45) is 10.2 Å². The van der Waals surface area contributed by atoms with Gasteiger partial charge in [0, 0.05) is 28.4 Å². The lowest BCUT2D eigenvalue weighted by molar-refractivity contribution is -0.110. The van der Waals surface area contributed by atoms with Crippen molar-refractivity contribution in [1.29, 1.82) is 0 Å². The fraction of sp³-hybridized carbons (Fsp3) is 0.103. The smallest absolute Gasteiger partial charge is 0.276 e. The number of pyridine rings is 1. The number of aromatic nitrogens is 2. The van der Waals surface area contributed by atoms with Gasteiger partial charge < -0.3 is 9.88 Å². The Morgan fingerprint density at radius 1 is 0.886 bits per heavy atom. The summed E-state index contributed by atoms with van der Waals surface area (Å²) in [5, 5.41) is 13.5. The van der Waals surface area contributed by atoms with Gasteiger partial charge in [-0.3, -0.25) is 9.78 Å². The molecule has 2 aromatic heterocycles.